The lowest BCUT2D eigenvalue weighted by molar-refractivity contribution is 0.0941. The van der Waals surface area contributed by atoms with Crippen molar-refractivity contribution in [2.75, 3.05) is 13.2 Å². The highest BCUT2D eigenvalue weighted by Gasteiger charge is 2.09. The van der Waals surface area contributed by atoms with Crippen molar-refractivity contribution >= 4 is 5.91 Å². The van der Waals surface area contributed by atoms with Crippen LogP contribution in [-0.4, -0.2) is 24.2 Å². The molecule has 1 aromatic heterocycles. The Bertz CT molecular complexity index is 306. The first-order valence-electron chi connectivity index (χ1n) is 4.57. The van der Waals surface area contributed by atoms with Gasteiger partial charge in [0.1, 0.15) is 12.0 Å². The first kappa shape index (κ1) is 10.8. The van der Waals surface area contributed by atoms with Gasteiger partial charge in [-0.3, -0.25) is 4.79 Å². The lowest BCUT2D eigenvalue weighted by atomic mass is 10.2. The van der Waals surface area contributed by atoms with Crippen molar-refractivity contribution in [2.45, 2.75) is 13.8 Å². The molecule has 4 heteroatoms. The average molecular weight is 197 g/mol. The fourth-order valence-corrected chi connectivity index (χ4v) is 0.996. The maximum absolute atomic E-state index is 11.4. The number of furan rings is 1. The molecule has 0 aliphatic carbocycles. The number of carbonyl (C=O) groups excluding carboxylic acids is 1. The molecule has 0 aliphatic rings. The van der Waals surface area contributed by atoms with Crippen LogP contribution in [0.4, 0.5) is 0 Å². The number of nitrogens with one attached hydrogen (secondary N) is 1. The molecule has 0 bridgehead atoms. The Labute approximate surface area is 82.9 Å². The number of carbonyl (C=O) groups is 1. The minimum Gasteiger partial charge on any atom is -0.469 e. The molecular formula is C10H15NO3. The van der Waals surface area contributed by atoms with Gasteiger partial charge in [-0.15, -0.1) is 0 Å². The highest BCUT2D eigenvalue weighted by Crippen LogP contribution is 2.05. The standard InChI is InChI=1S/C10H15NO3/c1-7(5-12)4-11-10(13)9-3-8(2)14-6-9/h3,6-7,12H,4-5H2,1-2H3,(H,11,13). The zero-order valence-electron chi connectivity index (χ0n) is 8.41. The number of hydrogen-bond donors (Lipinski definition) is 2. The van der Waals surface area contributed by atoms with Gasteiger partial charge in [0.25, 0.3) is 5.91 Å². The summed E-state index contributed by atoms with van der Waals surface area (Å²) in [7, 11) is 0. The highest BCUT2D eigenvalue weighted by molar-refractivity contribution is 5.93. The van der Waals surface area contributed by atoms with E-state index in [1.54, 1.807) is 13.0 Å². The Morgan fingerprint density at radius 1 is 1.71 bits per heavy atom. The van der Waals surface area contributed by atoms with E-state index < -0.39 is 0 Å². The molecule has 0 aliphatic heterocycles. The Morgan fingerprint density at radius 3 is 2.93 bits per heavy atom. The summed E-state index contributed by atoms with van der Waals surface area (Å²) in [5.74, 6) is 0.624. The highest BCUT2D eigenvalue weighted by atomic mass is 16.3. The maximum Gasteiger partial charge on any atom is 0.254 e. The summed E-state index contributed by atoms with van der Waals surface area (Å²) < 4.78 is 5.01. The second-order valence-corrected chi connectivity index (χ2v) is 3.44. The van der Waals surface area contributed by atoms with E-state index in [2.05, 4.69) is 5.32 Å². The van der Waals surface area contributed by atoms with E-state index in [0.29, 0.717) is 17.9 Å². The van der Waals surface area contributed by atoms with Crippen LogP contribution >= 0.6 is 0 Å². The quantitative estimate of drug-likeness (QED) is 0.755. The van der Waals surface area contributed by atoms with Gasteiger partial charge in [0, 0.05) is 13.2 Å². The molecule has 14 heavy (non-hydrogen) atoms. The van der Waals surface area contributed by atoms with Gasteiger partial charge in [-0.1, -0.05) is 6.92 Å². The molecule has 0 fully saturated rings. The molecule has 1 atom stereocenters. The predicted octanol–water partition coefficient (Wildman–Crippen LogP) is 0.946. The van der Waals surface area contributed by atoms with Crippen molar-refractivity contribution in [3.05, 3.63) is 23.7 Å². The van der Waals surface area contributed by atoms with E-state index in [9.17, 15) is 4.79 Å². The fraction of sp³-hybridized carbons (Fsp3) is 0.500. The van der Waals surface area contributed by atoms with E-state index in [-0.39, 0.29) is 18.4 Å². The summed E-state index contributed by atoms with van der Waals surface area (Å²) in [6.07, 6.45) is 1.42. The lowest BCUT2D eigenvalue weighted by Crippen LogP contribution is -2.29. The Kier molecular flexibility index (Phi) is 3.71. The van der Waals surface area contributed by atoms with Crippen molar-refractivity contribution in [1.82, 2.24) is 5.32 Å². The summed E-state index contributed by atoms with van der Waals surface area (Å²) in [5, 5.41) is 11.5. The monoisotopic (exact) mass is 197 g/mol. The Hall–Kier alpha value is -1.29. The Morgan fingerprint density at radius 2 is 2.43 bits per heavy atom. The molecule has 1 unspecified atom stereocenters. The molecule has 0 aromatic carbocycles. The van der Waals surface area contributed by atoms with Gasteiger partial charge in [0.2, 0.25) is 0 Å². The van der Waals surface area contributed by atoms with Crippen LogP contribution in [0.25, 0.3) is 0 Å². The number of rotatable bonds is 4. The third-order valence-corrected chi connectivity index (χ3v) is 1.92. The summed E-state index contributed by atoms with van der Waals surface area (Å²) in [6, 6.07) is 1.68. The van der Waals surface area contributed by atoms with Crippen molar-refractivity contribution in [2.24, 2.45) is 5.92 Å². The van der Waals surface area contributed by atoms with Gasteiger partial charge in [-0.25, -0.2) is 0 Å². The molecule has 1 heterocycles. The van der Waals surface area contributed by atoms with Gasteiger partial charge in [0.15, 0.2) is 0 Å². The van der Waals surface area contributed by atoms with Gasteiger partial charge in [-0.05, 0) is 18.9 Å². The second kappa shape index (κ2) is 4.81. The SMILES string of the molecule is Cc1cc(C(=O)NCC(C)CO)co1. The molecule has 1 rings (SSSR count). The van der Waals surface area contributed by atoms with Crippen LogP contribution in [0.15, 0.2) is 16.7 Å². The zero-order chi connectivity index (χ0) is 10.6. The van der Waals surface area contributed by atoms with Crippen molar-refractivity contribution < 1.29 is 14.3 Å². The smallest absolute Gasteiger partial charge is 0.254 e. The van der Waals surface area contributed by atoms with Crippen LogP contribution in [-0.2, 0) is 0 Å². The minimum absolute atomic E-state index is 0.0741. The molecule has 78 valence electrons. The van der Waals surface area contributed by atoms with E-state index in [4.69, 9.17) is 9.52 Å². The average Bonchev–Trinajstić information content (AvgIpc) is 2.60. The predicted molar refractivity (Wildman–Crippen MR) is 52.0 cm³/mol. The number of aryl methyl sites for hydroxylation is 1. The molecule has 4 nitrogen and oxygen atoms in total. The van der Waals surface area contributed by atoms with E-state index >= 15 is 0 Å². The van der Waals surface area contributed by atoms with Crippen LogP contribution in [0.5, 0.6) is 0 Å². The van der Waals surface area contributed by atoms with Crippen LogP contribution in [0.3, 0.4) is 0 Å². The van der Waals surface area contributed by atoms with Crippen LogP contribution in [0, 0.1) is 12.8 Å². The third kappa shape index (κ3) is 2.88. The molecule has 0 saturated heterocycles. The van der Waals surface area contributed by atoms with Gasteiger partial charge in [0.05, 0.1) is 5.56 Å². The fourth-order valence-electron chi connectivity index (χ4n) is 0.996. The molecule has 1 aromatic rings. The number of aliphatic hydroxyl groups is 1. The Balaban J connectivity index is 2.43. The van der Waals surface area contributed by atoms with Crippen LogP contribution < -0.4 is 5.32 Å². The third-order valence-electron chi connectivity index (χ3n) is 1.92. The summed E-state index contributed by atoms with van der Waals surface area (Å²) in [6.45, 7) is 4.19. The topological polar surface area (TPSA) is 62.5 Å². The van der Waals surface area contributed by atoms with E-state index in [0.717, 1.165) is 0 Å². The zero-order valence-corrected chi connectivity index (χ0v) is 8.41. The van der Waals surface area contributed by atoms with Crippen molar-refractivity contribution in [3.8, 4) is 0 Å². The molecule has 0 spiro atoms. The minimum atomic E-state index is -0.165. The summed E-state index contributed by atoms with van der Waals surface area (Å²) in [4.78, 5) is 11.4. The maximum atomic E-state index is 11.4. The molecule has 1 amide bonds. The van der Waals surface area contributed by atoms with E-state index in [1.165, 1.54) is 6.26 Å². The molecule has 0 saturated carbocycles. The number of aliphatic hydroxyl groups excluding tert-OH is 1. The lowest BCUT2D eigenvalue weighted by Gasteiger charge is -2.07. The summed E-state index contributed by atoms with van der Waals surface area (Å²) >= 11 is 0. The number of hydrogen-bond acceptors (Lipinski definition) is 3. The first-order valence-corrected chi connectivity index (χ1v) is 4.57. The molecular weight excluding hydrogens is 182 g/mol. The largest absolute Gasteiger partial charge is 0.469 e. The van der Waals surface area contributed by atoms with Gasteiger partial charge < -0.3 is 14.8 Å². The molecule has 0 radical (unpaired) electrons. The van der Waals surface area contributed by atoms with Crippen molar-refractivity contribution in [1.29, 1.82) is 0 Å². The van der Waals surface area contributed by atoms with Gasteiger partial charge >= 0.3 is 0 Å². The van der Waals surface area contributed by atoms with Crippen LogP contribution in [0.2, 0.25) is 0 Å². The number of amides is 1. The van der Waals surface area contributed by atoms with Crippen LogP contribution in [0.1, 0.15) is 23.0 Å². The normalized spacial score (nSPS) is 12.5. The van der Waals surface area contributed by atoms with Crippen molar-refractivity contribution in [3.63, 3.8) is 0 Å². The van der Waals surface area contributed by atoms with Gasteiger partial charge in [-0.2, -0.15) is 0 Å². The van der Waals surface area contributed by atoms with E-state index in [1.807, 2.05) is 6.92 Å². The first-order chi connectivity index (χ1) is 6.63. The second-order valence-electron chi connectivity index (χ2n) is 3.44. The summed E-state index contributed by atoms with van der Waals surface area (Å²) in [5.41, 5.74) is 0.521. The molecule has 2 N–H and O–H groups in total.